The van der Waals surface area contributed by atoms with Crippen LogP contribution in [-0.4, -0.2) is 27.7 Å². The Morgan fingerprint density at radius 3 is 2.60 bits per heavy atom. The maximum atomic E-state index is 11.8. The second-order valence-corrected chi connectivity index (χ2v) is 4.74. The maximum Gasteiger partial charge on any atom is 0.328 e. The first-order valence-corrected chi connectivity index (χ1v) is 6.56. The summed E-state index contributed by atoms with van der Waals surface area (Å²) in [5.41, 5.74) is -0.328. The standard InChI is InChI=1S/C15H19N3O2/c1-12-17-9-11-18(12)10-8-15(16-2,14(19)20)13-6-4-3-5-7-13/h3-7,9,11,16H,8,10H2,1-2H3,(H,19,20). The molecule has 1 aromatic heterocycles. The van der Waals surface area contributed by atoms with Gasteiger partial charge in [0.25, 0.3) is 0 Å². The summed E-state index contributed by atoms with van der Waals surface area (Å²) in [5, 5.41) is 12.7. The highest BCUT2D eigenvalue weighted by Crippen LogP contribution is 2.26. The van der Waals surface area contributed by atoms with E-state index in [1.807, 2.05) is 48.0 Å². The first-order chi connectivity index (χ1) is 9.60. The van der Waals surface area contributed by atoms with Crippen molar-refractivity contribution in [3.8, 4) is 0 Å². The molecule has 0 spiro atoms. The van der Waals surface area contributed by atoms with Crippen LogP contribution in [0.25, 0.3) is 0 Å². The van der Waals surface area contributed by atoms with E-state index < -0.39 is 11.5 Å². The molecule has 5 heteroatoms. The van der Waals surface area contributed by atoms with Crippen LogP contribution in [0, 0.1) is 6.92 Å². The van der Waals surface area contributed by atoms with Crippen molar-refractivity contribution in [3.05, 3.63) is 54.1 Å². The molecule has 2 aromatic rings. The summed E-state index contributed by atoms with van der Waals surface area (Å²) < 4.78 is 1.96. The van der Waals surface area contributed by atoms with Gasteiger partial charge in [0, 0.05) is 18.9 Å². The SMILES string of the molecule is CNC(CCn1ccnc1C)(C(=O)O)c1ccccc1. The van der Waals surface area contributed by atoms with Crippen LogP contribution in [0.3, 0.4) is 0 Å². The van der Waals surface area contributed by atoms with Gasteiger partial charge in [-0.15, -0.1) is 0 Å². The van der Waals surface area contributed by atoms with E-state index in [1.54, 1.807) is 13.2 Å². The third-order valence-electron chi connectivity index (χ3n) is 3.71. The molecule has 20 heavy (non-hydrogen) atoms. The molecule has 0 aliphatic carbocycles. The molecule has 1 atom stereocenters. The lowest BCUT2D eigenvalue weighted by molar-refractivity contribution is -0.145. The smallest absolute Gasteiger partial charge is 0.328 e. The first-order valence-electron chi connectivity index (χ1n) is 6.56. The topological polar surface area (TPSA) is 67.2 Å². The van der Waals surface area contributed by atoms with Gasteiger partial charge < -0.3 is 15.0 Å². The van der Waals surface area contributed by atoms with Crippen molar-refractivity contribution in [2.75, 3.05) is 7.05 Å². The number of carboxylic acids is 1. The molecule has 0 radical (unpaired) electrons. The van der Waals surface area contributed by atoms with E-state index >= 15 is 0 Å². The van der Waals surface area contributed by atoms with Gasteiger partial charge in [0.15, 0.2) is 0 Å². The number of aryl methyl sites for hydroxylation is 2. The van der Waals surface area contributed by atoms with Gasteiger partial charge in [-0.25, -0.2) is 9.78 Å². The number of nitrogens with zero attached hydrogens (tertiary/aromatic N) is 2. The molecular formula is C15H19N3O2. The van der Waals surface area contributed by atoms with Gasteiger partial charge in [0.2, 0.25) is 0 Å². The summed E-state index contributed by atoms with van der Waals surface area (Å²) in [6.07, 6.45) is 4.03. The number of carbonyl (C=O) groups is 1. The zero-order valence-corrected chi connectivity index (χ0v) is 11.7. The Kier molecular flexibility index (Phi) is 4.20. The molecule has 0 aliphatic heterocycles. The predicted molar refractivity (Wildman–Crippen MR) is 76.4 cm³/mol. The minimum atomic E-state index is -1.09. The van der Waals surface area contributed by atoms with Crippen molar-refractivity contribution in [2.45, 2.75) is 25.4 Å². The molecule has 0 saturated heterocycles. The van der Waals surface area contributed by atoms with E-state index in [0.29, 0.717) is 13.0 Å². The monoisotopic (exact) mass is 273 g/mol. The summed E-state index contributed by atoms with van der Waals surface area (Å²) in [6, 6.07) is 9.27. The second kappa shape index (κ2) is 5.88. The van der Waals surface area contributed by atoms with Crippen molar-refractivity contribution in [1.82, 2.24) is 14.9 Å². The molecule has 1 aromatic carbocycles. The van der Waals surface area contributed by atoms with Crippen molar-refractivity contribution >= 4 is 5.97 Å². The fourth-order valence-corrected chi connectivity index (χ4v) is 2.40. The third-order valence-corrected chi connectivity index (χ3v) is 3.71. The molecule has 0 saturated carbocycles. The zero-order valence-electron chi connectivity index (χ0n) is 11.7. The number of hydrogen-bond acceptors (Lipinski definition) is 3. The molecule has 0 amide bonds. The van der Waals surface area contributed by atoms with Crippen molar-refractivity contribution in [1.29, 1.82) is 0 Å². The number of rotatable bonds is 6. The van der Waals surface area contributed by atoms with E-state index in [4.69, 9.17) is 0 Å². The Hall–Kier alpha value is -2.14. The molecular weight excluding hydrogens is 254 g/mol. The molecule has 1 heterocycles. The van der Waals surface area contributed by atoms with Crippen LogP contribution in [0.2, 0.25) is 0 Å². The average Bonchev–Trinajstić information content (AvgIpc) is 2.86. The fraction of sp³-hybridized carbons (Fsp3) is 0.333. The number of likely N-dealkylation sites (N-methyl/N-ethyl adjacent to an activating group) is 1. The largest absolute Gasteiger partial charge is 0.480 e. The Morgan fingerprint density at radius 2 is 2.10 bits per heavy atom. The van der Waals surface area contributed by atoms with Gasteiger partial charge in [-0.05, 0) is 26.0 Å². The first kappa shape index (κ1) is 14.3. The quantitative estimate of drug-likeness (QED) is 0.842. The molecule has 0 aliphatic rings. The highest BCUT2D eigenvalue weighted by molar-refractivity contribution is 5.80. The van der Waals surface area contributed by atoms with Crippen LogP contribution in [0.1, 0.15) is 17.8 Å². The third kappa shape index (κ3) is 2.58. The summed E-state index contributed by atoms with van der Waals surface area (Å²) in [6.45, 7) is 2.50. The number of aliphatic carboxylic acids is 1. The van der Waals surface area contributed by atoms with Gasteiger partial charge in [-0.2, -0.15) is 0 Å². The number of aromatic nitrogens is 2. The molecule has 5 nitrogen and oxygen atoms in total. The molecule has 106 valence electrons. The van der Waals surface area contributed by atoms with Crippen LogP contribution in [-0.2, 0) is 16.9 Å². The highest BCUT2D eigenvalue weighted by Gasteiger charge is 2.38. The van der Waals surface area contributed by atoms with E-state index in [1.165, 1.54) is 0 Å². The minimum Gasteiger partial charge on any atom is -0.480 e. The minimum absolute atomic E-state index is 0.444. The maximum absolute atomic E-state index is 11.8. The molecule has 1 unspecified atom stereocenters. The van der Waals surface area contributed by atoms with Gasteiger partial charge in [-0.3, -0.25) is 0 Å². The Balaban J connectivity index is 2.29. The fourth-order valence-electron chi connectivity index (χ4n) is 2.40. The van der Waals surface area contributed by atoms with Crippen LogP contribution in [0.5, 0.6) is 0 Å². The summed E-state index contributed by atoms with van der Waals surface area (Å²) in [5.74, 6) is 0.0115. The Labute approximate surface area is 118 Å². The molecule has 0 bridgehead atoms. The van der Waals surface area contributed by atoms with Crippen molar-refractivity contribution in [2.24, 2.45) is 0 Å². The zero-order chi connectivity index (χ0) is 14.6. The predicted octanol–water partition coefficient (Wildman–Crippen LogP) is 1.78. The second-order valence-electron chi connectivity index (χ2n) is 4.74. The van der Waals surface area contributed by atoms with Gasteiger partial charge >= 0.3 is 5.97 Å². The summed E-state index contributed by atoms with van der Waals surface area (Å²) >= 11 is 0. The number of benzene rings is 1. The number of carboxylic acid groups (broad SMARTS) is 1. The van der Waals surface area contributed by atoms with E-state index in [2.05, 4.69) is 10.3 Å². The normalized spacial score (nSPS) is 13.9. The number of imidazole rings is 1. The van der Waals surface area contributed by atoms with Crippen LogP contribution >= 0.6 is 0 Å². The van der Waals surface area contributed by atoms with Crippen LogP contribution < -0.4 is 5.32 Å². The number of hydrogen-bond donors (Lipinski definition) is 2. The Morgan fingerprint density at radius 1 is 1.40 bits per heavy atom. The highest BCUT2D eigenvalue weighted by atomic mass is 16.4. The van der Waals surface area contributed by atoms with Gasteiger partial charge in [0.05, 0.1) is 0 Å². The van der Waals surface area contributed by atoms with Gasteiger partial charge in [0.1, 0.15) is 11.4 Å². The summed E-state index contributed by atoms with van der Waals surface area (Å²) in [4.78, 5) is 16.0. The van der Waals surface area contributed by atoms with Crippen LogP contribution in [0.15, 0.2) is 42.7 Å². The van der Waals surface area contributed by atoms with Crippen molar-refractivity contribution in [3.63, 3.8) is 0 Å². The van der Waals surface area contributed by atoms with E-state index in [0.717, 1.165) is 11.4 Å². The summed E-state index contributed by atoms with van der Waals surface area (Å²) in [7, 11) is 1.68. The molecule has 2 rings (SSSR count). The number of nitrogens with one attached hydrogen (secondary N) is 1. The van der Waals surface area contributed by atoms with E-state index in [9.17, 15) is 9.90 Å². The lowest BCUT2D eigenvalue weighted by Crippen LogP contribution is -2.48. The average molecular weight is 273 g/mol. The molecule has 0 fully saturated rings. The van der Waals surface area contributed by atoms with E-state index in [-0.39, 0.29) is 0 Å². The Bertz CT molecular complexity index is 580. The van der Waals surface area contributed by atoms with Gasteiger partial charge in [-0.1, -0.05) is 30.3 Å². The lowest BCUT2D eigenvalue weighted by Gasteiger charge is -2.30. The molecule has 2 N–H and O–H groups in total. The van der Waals surface area contributed by atoms with Crippen LogP contribution in [0.4, 0.5) is 0 Å². The lowest BCUT2D eigenvalue weighted by atomic mass is 9.86. The van der Waals surface area contributed by atoms with Crippen molar-refractivity contribution < 1.29 is 9.90 Å².